The zero-order valence-corrected chi connectivity index (χ0v) is 23.9. The van der Waals surface area contributed by atoms with Gasteiger partial charge in [0, 0.05) is 25.6 Å². The average Bonchev–Trinajstić information content (AvgIpc) is 3.51. The maximum absolute atomic E-state index is 12.3. The van der Waals surface area contributed by atoms with Crippen LogP contribution in [0.2, 0.25) is 25.7 Å². The van der Waals surface area contributed by atoms with Gasteiger partial charge in [-0.15, -0.1) is 0 Å². The van der Waals surface area contributed by atoms with E-state index >= 15 is 0 Å². The number of carbonyl (C=O) groups excluding carboxylic acids is 1. The summed E-state index contributed by atoms with van der Waals surface area (Å²) in [4.78, 5) is 12.3. The van der Waals surface area contributed by atoms with E-state index in [2.05, 4.69) is 42.9 Å². The molecular formula is C29H36N4O4Si. The highest BCUT2D eigenvalue weighted by Crippen LogP contribution is 2.31. The summed E-state index contributed by atoms with van der Waals surface area (Å²) in [6, 6.07) is 17.2. The lowest BCUT2D eigenvalue weighted by Gasteiger charge is -2.15. The van der Waals surface area contributed by atoms with Crippen LogP contribution in [0.4, 0.5) is 0 Å². The number of ether oxygens (including phenoxy) is 3. The molecule has 0 bridgehead atoms. The topological polar surface area (TPSA) is 80.4 Å². The molecule has 0 spiro atoms. The number of esters is 1. The standard InChI is InChI=1S/C29H36N4O4Si/c1-20-25-15-21(9-12-27(25)33(30-20)19-36-13-14-38(3,4)5)18-32-28(17-26(31-32)29(34)35-2)22-7-6-8-24(16-22)37-23-10-11-23/h6-9,12,15-17,23H,10-11,13-14,18-19H2,1-5H3. The number of carbonyl (C=O) groups is 1. The maximum Gasteiger partial charge on any atom is 0.358 e. The van der Waals surface area contributed by atoms with Gasteiger partial charge in [0.2, 0.25) is 0 Å². The first kappa shape index (κ1) is 26.2. The number of methoxy groups -OCH3 is 1. The smallest absolute Gasteiger partial charge is 0.358 e. The van der Waals surface area contributed by atoms with Gasteiger partial charge in [0.1, 0.15) is 12.5 Å². The lowest BCUT2D eigenvalue weighted by molar-refractivity contribution is 0.0593. The Hall–Kier alpha value is -3.43. The molecule has 2 aromatic heterocycles. The normalized spacial score (nSPS) is 13.7. The van der Waals surface area contributed by atoms with E-state index in [9.17, 15) is 4.79 Å². The van der Waals surface area contributed by atoms with Crippen molar-refractivity contribution in [1.29, 1.82) is 0 Å². The third-order valence-electron chi connectivity index (χ3n) is 6.67. The van der Waals surface area contributed by atoms with Gasteiger partial charge >= 0.3 is 5.97 Å². The first-order chi connectivity index (χ1) is 18.2. The third kappa shape index (κ3) is 6.16. The molecule has 9 heteroatoms. The second kappa shape index (κ2) is 10.7. The average molecular weight is 533 g/mol. The maximum atomic E-state index is 12.3. The summed E-state index contributed by atoms with van der Waals surface area (Å²) < 4.78 is 20.7. The monoisotopic (exact) mass is 532 g/mol. The summed E-state index contributed by atoms with van der Waals surface area (Å²) >= 11 is 0. The van der Waals surface area contributed by atoms with Crippen molar-refractivity contribution in [3.05, 3.63) is 65.5 Å². The van der Waals surface area contributed by atoms with Crippen LogP contribution in [0.5, 0.6) is 5.75 Å². The lowest BCUT2D eigenvalue weighted by Crippen LogP contribution is -2.22. The third-order valence-corrected chi connectivity index (χ3v) is 8.38. The van der Waals surface area contributed by atoms with E-state index in [1.165, 1.54) is 7.11 Å². The first-order valence-corrected chi connectivity index (χ1v) is 16.9. The fourth-order valence-corrected chi connectivity index (χ4v) is 5.12. The zero-order valence-electron chi connectivity index (χ0n) is 22.9. The van der Waals surface area contributed by atoms with Gasteiger partial charge in [0.05, 0.1) is 36.7 Å². The van der Waals surface area contributed by atoms with Crippen LogP contribution in [0.15, 0.2) is 48.5 Å². The molecular weight excluding hydrogens is 496 g/mol. The van der Waals surface area contributed by atoms with E-state index < -0.39 is 14.0 Å². The van der Waals surface area contributed by atoms with Crippen LogP contribution in [-0.2, 0) is 22.7 Å². The van der Waals surface area contributed by atoms with Crippen molar-refractivity contribution in [2.45, 2.75) is 64.8 Å². The Balaban J connectivity index is 1.40. The van der Waals surface area contributed by atoms with Crippen molar-refractivity contribution in [2.24, 2.45) is 0 Å². The van der Waals surface area contributed by atoms with Gasteiger partial charge in [-0.05, 0) is 61.7 Å². The first-order valence-electron chi connectivity index (χ1n) is 13.2. The van der Waals surface area contributed by atoms with E-state index in [1.54, 1.807) is 6.07 Å². The van der Waals surface area contributed by atoms with Gasteiger partial charge in [-0.2, -0.15) is 10.2 Å². The SMILES string of the molecule is COC(=O)c1cc(-c2cccc(OC3CC3)c2)n(Cc2ccc3c(c2)c(C)nn3COCC[Si](C)(C)C)n1. The van der Waals surface area contributed by atoms with Gasteiger partial charge in [-0.25, -0.2) is 9.48 Å². The molecule has 5 rings (SSSR count). The number of aryl methyl sites for hydroxylation is 1. The Morgan fingerprint density at radius 1 is 1.05 bits per heavy atom. The van der Waals surface area contributed by atoms with Crippen molar-refractivity contribution >= 4 is 24.9 Å². The van der Waals surface area contributed by atoms with Crippen molar-refractivity contribution in [1.82, 2.24) is 19.6 Å². The molecule has 0 aliphatic heterocycles. The van der Waals surface area contributed by atoms with E-state index in [-0.39, 0.29) is 5.69 Å². The number of nitrogens with zero attached hydrogens (tertiary/aromatic N) is 4. The van der Waals surface area contributed by atoms with E-state index in [0.717, 1.165) is 64.7 Å². The van der Waals surface area contributed by atoms with Gasteiger partial charge in [-0.3, -0.25) is 4.68 Å². The highest BCUT2D eigenvalue weighted by atomic mass is 28.3. The largest absolute Gasteiger partial charge is 0.490 e. The summed E-state index contributed by atoms with van der Waals surface area (Å²) in [5, 5.41) is 10.4. The van der Waals surface area contributed by atoms with Crippen LogP contribution in [0, 0.1) is 6.92 Å². The van der Waals surface area contributed by atoms with Gasteiger partial charge in [-0.1, -0.05) is 37.8 Å². The minimum Gasteiger partial charge on any atom is -0.490 e. The molecule has 0 N–H and O–H groups in total. The van der Waals surface area contributed by atoms with Crippen LogP contribution < -0.4 is 4.74 Å². The second-order valence-corrected chi connectivity index (χ2v) is 16.8. The van der Waals surface area contributed by atoms with Crippen LogP contribution in [0.25, 0.3) is 22.2 Å². The van der Waals surface area contributed by atoms with E-state index in [0.29, 0.717) is 19.4 Å². The molecule has 38 heavy (non-hydrogen) atoms. The van der Waals surface area contributed by atoms with Gasteiger partial charge in [0.25, 0.3) is 0 Å². The molecule has 1 saturated carbocycles. The number of hydrogen-bond acceptors (Lipinski definition) is 6. The highest BCUT2D eigenvalue weighted by molar-refractivity contribution is 6.76. The Kier molecular flexibility index (Phi) is 7.40. The second-order valence-electron chi connectivity index (χ2n) is 11.2. The van der Waals surface area contributed by atoms with Crippen molar-refractivity contribution in [3.8, 4) is 17.0 Å². The Labute approximate surface area is 224 Å². The Morgan fingerprint density at radius 2 is 1.87 bits per heavy atom. The number of aromatic nitrogens is 4. The molecule has 1 aliphatic carbocycles. The summed E-state index contributed by atoms with van der Waals surface area (Å²) in [7, 11) is 0.237. The molecule has 0 radical (unpaired) electrons. The minimum absolute atomic E-state index is 0.275. The van der Waals surface area contributed by atoms with Crippen LogP contribution in [0.3, 0.4) is 0 Å². The number of rotatable bonds is 11. The van der Waals surface area contributed by atoms with Crippen molar-refractivity contribution in [3.63, 3.8) is 0 Å². The molecule has 2 heterocycles. The molecule has 0 amide bonds. The fourth-order valence-electron chi connectivity index (χ4n) is 4.37. The highest BCUT2D eigenvalue weighted by Gasteiger charge is 2.24. The summed E-state index contributed by atoms with van der Waals surface area (Å²) in [6.45, 7) is 10.8. The molecule has 0 saturated heterocycles. The van der Waals surface area contributed by atoms with E-state index in [1.807, 2.05) is 40.6 Å². The Bertz CT molecular complexity index is 1450. The molecule has 4 aromatic rings. The quantitative estimate of drug-likeness (QED) is 0.136. The molecule has 0 atom stereocenters. The lowest BCUT2D eigenvalue weighted by atomic mass is 10.1. The Morgan fingerprint density at radius 3 is 2.61 bits per heavy atom. The van der Waals surface area contributed by atoms with E-state index in [4.69, 9.17) is 19.3 Å². The summed E-state index contributed by atoms with van der Waals surface area (Å²) in [5.41, 5.74) is 5.10. The zero-order chi connectivity index (χ0) is 26.9. The van der Waals surface area contributed by atoms with Gasteiger partial charge in [0.15, 0.2) is 5.69 Å². The van der Waals surface area contributed by atoms with Crippen LogP contribution in [0.1, 0.15) is 34.6 Å². The molecule has 1 fully saturated rings. The van der Waals surface area contributed by atoms with Crippen LogP contribution >= 0.6 is 0 Å². The summed E-state index contributed by atoms with van der Waals surface area (Å²) in [6.07, 6.45) is 2.50. The van der Waals surface area contributed by atoms with Crippen molar-refractivity contribution in [2.75, 3.05) is 13.7 Å². The van der Waals surface area contributed by atoms with Gasteiger partial charge < -0.3 is 14.2 Å². The summed E-state index contributed by atoms with van der Waals surface area (Å²) in [5.74, 6) is 0.367. The predicted octanol–water partition coefficient (Wildman–Crippen LogP) is 5.90. The number of benzene rings is 2. The minimum atomic E-state index is -1.13. The molecule has 0 unspecified atom stereocenters. The molecule has 2 aromatic carbocycles. The number of fused-ring (bicyclic) bond motifs is 1. The predicted molar refractivity (Wildman–Crippen MR) is 150 cm³/mol. The molecule has 8 nitrogen and oxygen atoms in total. The van der Waals surface area contributed by atoms with Crippen molar-refractivity contribution < 1.29 is 19.0 Å². The fraction of sp³-hybridized carbons (Fsp3) is 0.414. The number of hydrogen-bond donors (Lipinski definition) is 0. The molecule has 200 valence electrons. The molecule has 1 aliphatic rings. The van der Waals surface area contributed by atoms with Crippen LogP contribution in [-0.4, -0.2) is 53.4 Å².